The van der Waals surface area contributed by atoms with Crippen LogP contribution in [0.1, 0.15) is 29.9 Å². The molecule has 10 heteroatoms. The maximum Gasteiger partial charge on any atom is 0.233 e. The number of nitrogens with zero attached hydrogens (tertiary/aromatic N) is 1. The zero-order chi connectivity index (χ0) is 29.2. The molecule has 1 heterocycles. The lowest BCUT2D eigenvalue weighted by Gasteiger charge is -2.42. The fourth-order valence-electron chi connectivity index (χ4n) is 6.69. The topological polar surface area (TPSA) is 121 Å². The van der Waals surface area contributed by atoms with Gasteiger partial charge in [-0.1, -0.05) is 23.8 Å². The smallest absolute Gasteiger partial charge is 0.233 e. The van der Waals surface area contributed by atoms with Crippen LogP contribution in [0.15, 0.2) is 74.2 Å². The van der Waals surface area contributed by atoms with Gasteiger partial charge >= 0.3 is 0 Å². The average Bonchev–Trinajstić information content (AvgIpc) is 3.20. The first-order chi connectivity index (χ1) is 19.6. The molecule has 4 atom stereocenters. The third-order valence-electron chi connectivity index (χ3n) is 8.59. The van der Waals surface area contributed by atoms with Gasteiger partial charge in [-0.25, -0.2) is 0 Å². The van der Waals surface area contributed by atoms with Crippen molar-refractivity contribution in [2.75, 3.05) is 13.7 Å². The molecular weight excluding hydrogens is 658 g/mol. The molecule has 2 aromatic rings. The van der Waals surface area contributed by atoms with Crippen LogP contribution in [0.5, 0.6) is 17.2 Å². The number of carbonyl (C=O) groups excluding carboxylic acids is 4. The Balaban J connectivity index is 1.40. The molecule has 0 bridgehead atoms. The number of allylic oxidation sites excluding steroid dienone is 6. The average molecular weight is 683 g/mol. The molecule has 0 aromatic heterocycles. The summed E-state index contributed by atoms with van der Waals surface area (Å²) in [4.78, 5) is 55.5. The van der Waals surface area contributed by atoms with Gasteiger partial charge in [-0.3, -0.25) is 24.1 Å². The number of hydrogen-bond acceptors (Lipinski definition) is 7. The molecule has 0 radical (unpaired) electrons. The van der Waals surface area contributed by atoms with Crippen LogP contribution >= 0.6 is 31.9 Å². The molecule has 0 spiro atoms. The van der Waals surface area contributed by atoms with Gasteiger partial charge in [0.15, 0.2) is 23.1 Å². The van der Waals surface area contributed by atoms with Crippen LogP contribution in [0.3, 0.4) is 0 Å². The molecule has 210 valence electrons. The number of phenolic OH excluding ortho intramolecular Hbond substituents is 2. The number of phenols is 2. The monoisotopic (exact) mass is 681 g/mol. The lowest BCUT2D eigenvalue weighted by molar-refractivity contribution is -0.140. The van der Waals surface area contributed by atoms with Crippen molar-refractivity contribution in [1.82, 2.24) is 4.90 Å². The Kier molecular flexibility index (Phi) is 7.02. The van der Waals surface area contributed by atoms with Gasteiger partial charge in [0.2, 0.25) is 11.8 Å². The minimum atomic E-state index is -0.658. The van der Waals surface area contributed by atoms with Crippen LogP contribution in [-0.4, -0.2) is 52.1 Å². The van der Waals surface area contributed by atoms with Gasteiger partial charge in [0.25, 0.3) is 0 Å². The fraction of sp³-hybridized carbons (Fsp3) is 0.290. The number of halogens is 2. The number of ether oxygens (including phenoxy) is 1. The number of likely N-dealkylation sites (tertiary alicyclic amines) is 1. The van der Waals surface area contributed by atoms with E-state index >= 15 is 0 Å². The molecule has 0 saturated carbocycles. The van der Waals surface area contributed by atoms with Crippen LogP contribution in [0, 0.1) is 17.8 Å². The first-order valence-electron chi connectivity index (χ1n) is 13.2. The van der Waals surface area contributed by atoms with Crippen molar-refractivity contribution < 1.29 is 34.1 Å². The van der Waals surface area contributed by atoms with Crippen LogP contribution < -0.4 is 4.74 Å². The molecular formula is C31H25Br2NO7. The summed E-state index contributed by atoms with van der Waals surface area (Å²) in [6, 6.07) is 9.98. The summed E-state index contributed by atoms with van der Waals surface area (Å²) in [5.41, 5.74) is 3.02. The van der Waals surface area contributed by atoms with Crippen LogP contribution in [0.2, 0.25) is 0 Å². The largest absolute Gasteiger partial charge is 0.508 e. The van der Waals surface area contributed by atoms with E-state index in [0.717, 1.165) is 11.1 Å². The highest BCUT2D eigenvalue weighted by Crippen LogP contribution is 2.56. The molecule has 2 aromatic carbocycles. The summed E-state index contributed by atoms with van der Waals surface area (Å²) in [6.07, 6.45) is 4.20. The Hall–Kier alpha value is -3.50. The highest BCUT2D eigenvalue weighted by molar-refractivity contribution is 9.12. The van der Waals surface area contributed by atoms with Crippen molar-refractivity contribution in [3.05, 3.63) is 85.4 Å². The Morgan fingerprint density at radius 1 is 1.00 bits per heavy atom. The highest BCUT2D eigenvalue weighted by Gasteiger charge is 2.56. The third-order valence-corrected chi connectivity index (χ3v) is 9.78. The molecule has 8 nitrogen and oxygen atoms in total. The van der Waals surface area contributed by atoms with Gasteiger partial charge in [0.1, 0.15) is 5.75 Å². The summed E-state index contributed by atoms with van der Waals surface area (Å²) in [6.45, 7) is 0.211. The lowest BCUT2D eigenvalue weighted by atomic mass is 9.59. The van der Waals surface area contributed by atoms with Gasteiger partial charge in [-0.05, 0) is 92.4 Å². The lowest BCUT2D eigenvalue weighted by Crippen LogP contribution is -2.39. The van der Waals surface area contributed by atoms with E-state index in [0.29, 0.717) is 34.0 Å². The van der Waals surface area contributed by atoms with E-state index < -0.39 is 23.7 Å². The Bertz CT molecular complexity index is 1620. The van der Waals surface area contributed by atoms with Crippen LogP contribution in [0.25, 0.3) is 0 Å². The van der Waals surface area contributed by atoms with Gasteiger partial charge < -0.3 is 14.9 Å². The van der Waals surface area contributed by atoms with Gasteiger partial charge in [0.05, 0.1) is 27.9 Å². The van der Waals surface area contributed by atoms with Crippen molar-refractivity contribution in [3.63, 3.8) is 0 Å². The number of benzene rings is 2. The second kappa shape index (κ2) is 10.4. The quantitative estimate of drug-likeness (QED) is 0.262. The normalized spacial score (nSPS) is 25.5. The third kappa shape index (κ3) is 4.48. The van der Waals surface area contributed by atoms with Crippen molar-refractivity contribution >= 4 is 55.2 Å². The van der Waals surface area contributed by atoms with Gasteiger partial charge in [-0.2, -0.15) is 0 Å². The summed E-state index contributed by atoms with van der Waals surface area (Å²) >= 11 is 6.61. The number of carbonyl (C=O) groups is 4. The second-order valence-electron chi connectivity index (χ2n) is 10.7. The zero-order valence-corrected chi connectivity index (χ0v) is 25.1. The predicted molar refractivity (Wildman–Crippen MR) is 155 cm³/mol. The summed E-state index contributed by atoms with van der Waals surface area (Å²) in [5.74, 6) is -3.18. The first kappa shape index (κ1) is 27.7. The van der Waals surface area contributed by atoms with E-state index in [1.54, 1.807) is 36.4 Å². The number of methoxy groups -OCH3 is 1. The van der Waals surface area contributed by atoms with Crippen molar-refractivity contribution in [3.8, 4) is 17.2 Å². The van der Waals surface area contributed by atoms with Crippen LogP contribution in [-0.2, 0) is 25.6 Å². The SMILES string of the molecule is COc1cc(C2C3=CCC4C(=O)N(CCc5ccc(O)cc5)C(=O)C4C3CC3=C2C(=O)C=C(Br)C3=O)cc(Br)c1O. The maximum atomic E-state index is 13.9. The van der Waals surface area contributed by atoms with Crippen molar-refractivity contribution in [1.29, 1.82) is 0 Å². The molecule has 1 fully saturated rings. The predicted octanol–water partition coefficient (Wildman–Crippen LogP) is 4.87. The minimum Gasteiger partial charge on any atom is -0.508 e. The van der Waals surface area contributed by atoms with Crippen molar-refractivity contribution in [2.45, 2.75) is 25.2 Å². The second-order valence-corrected chi connectivity index (χ2v) is 12.4. The first-order valence-corrected chi connectivity index (χ1v) is 14.8. The zero-order valence-electron chi connectivity index (χ0n) is 21.9. The molecule has 2 amide bonds. The number of rotatable bonds is 5. The Morgan fingerprint density at radius 3 is 2.44 bits per heavy atom. The van der Waals surface area contributed by atoms with E-state index in [1.807, 2.05) is 6.08 Å². The number of imide groups is 1. The Labute approximate surface area is 252 Å². The summed E-state index contributed by atoms with van der Waals surface area (Å²) < 4.78 is 5.90. The number of fused-ring (bicyclic) bond motifs is 3. The fourth-order valence-corrected chi connectivity index (χ4v) is 7.60. The van der Waals surface area contributed by atoms with Gasteiger partial charge in [0, 0.05) is 29.7 Å². The summed E-state index contributed by atoms with van der Waals surface area (Å²) in [7, 11) is 1.43. The number of aromatic hydroxyl groups is 2. The summed E-state index contributed by atoms with van der Waals surface area (Å²) in [5, 5.41) is 20.0. The highest BCUT2D eigenvalue weighted by atomic mass is 79.9. The number of hydrogen-bond donors (Lipinski definition) is 2. The minimum absolute atomic E-state index is 0.0926. The van der Waals surface area contributed by atoms with E-state index in [2.05, 4.69) is 31.9 Å². The number of Topliss-reactive ketones (excluding diaryl/α,β-unsaturated/α-hetero) is 1. The molecule has 6 rings (SSSR count). The molecule has 1 aliphatic heterocycles. The van der Waals surface area contributed by atoms with E-state index in [9.17, 15) is 29.4 Å². The molecule has 41 heavy (non-hydrogen) atoms. The molecule has 4 unspecified atom stereocenters. The van der Waals surface area contributed by atoms with E-state index in [4.69, 9.17) is 4.74 Å². The molecule has 2 N–H and O–H groups in total. The molecule has 4 aliphatic rings. The number of amides is 2. The van der Waals surface area contributed by atoms with E-state index in [1.165, 1.54) is 18.1 Å². The van der Waals surface area contributed by atoms with Crippen LogP contribution in [0.4, 0.5) is 0 Å². The Morgan fingerprint density at radius 2 is 1.73 bits per heavy atom. The number of ketones is 2. The van der Waals surface area contributed by atoms with Gasteiger partial charge in [-0.15, -0.1) is 0 Å². The molecule has 3 aliphatic carbocycles. The maximum absolute atomic E-state index is 13.9. The standard InChI is InChI=1S/C31H25Br2NO7/c1-41-24-11-15(10-21(32)29(24)38)25-17-6-7-18-26(19(17)12-20-27(25)23(36)13-22(33)28(20)37)31(40)34(30(18)39)9-8-14-2-4-16(35)5-3-14/h2-6,10-11,13,18-19,25-26,35,38H,7-9,12H2,1H3. The molecule has 1 saturated heterocycles. The van der Waals surface area contributed by atoms with E-state index in [-0.39, 0.29) is 58.1 Å². The van der Waals surface area contributed by atoms with Crippen molar-refractivity contribution in [2.24, 2.45) is 17.8 Å².